The maximum Gasteiger partial charge on any atom is 0.307 e. The Hall–Kier alpha value is -1.18. The van der Waals surface area contributed by atoms with Crippen LogP contribution >= 0.6 is 0 Å². The Bertz CT molecular complexity index is 310. The van der Waals surface area contributed by atoms with E-state index < -0.39 is 0 Å². The lowest BCUT2D eigenvalue weighted by molar-refractivity contribution is -0.144. The van der Waals surface area contributed by atoms with Gasteiger partial charge in [-0.2, -0.15) is 0 Å². The Balaban J connectivity index is 4.09. The molecule has 1 atom stereocenters. The fourth-order valence-corrected chi connectivity index (χ4v) is 1.86. The summed E-state index contributed by atoms with van der Waals surface area (Å²) in [5.74, 6) is -0.599. The fourth-order valence-electron chi connectivity index (χ4n) is 1.86. The lowest BCUT2D eigenvalue weighted by Gasteiger charge is -2.24. The van der Waals surface area contributed by atoms with Crippen molar-refractivity contribution < 1.29 is 28.5 Å². The maximum absolute atomic E-state index is 11.1. The van der Waals surface area contributed by atoms with Crippen LogP contribution in [-0.2, 0) is 28.5 Å². The number of rotatable bonds is 13. The number of hydrogen-bond donors (Lipinski definition) is 0. The molecule has 0 spiro atoms. The van der Waals surface area contributed by atoms with E-state index in [-0.39, 0.29) is 37.5 Å². The Kier molecular flexibility index (Phi) is 12.8. The molecular weight excluding hydrogens is 290 g/mol. The highest BCUT2D eigenvalue weighted by Crippen LogP contribution is 2.01. The number of hydrogen-bond acceptors (Lipinski definition) is 7. The van der Waals surface area contributed by atoms with Crippen molar-refractivity contribution in [1.29, 1.82) is 0 Å². The van der Waals surface area contributed by atoms with Crippen LogP contribution in [0.2, 0.25) is 0 Å². The van der Waals surface area contributed by atoms with Gasteiger partial charge in [0, 0.05) is 6.54 Å². The van der Waals surface area contributed by atoms with E-state index in [9.17, 15) is 9.59 Å². The lowest BCUT2D eigenvalue weighted by Crippen LogP contribution is -2.35. The molecule has 0 aliphatic heterocycles. The molecule has 0 saturated carbocycles. The molecule has 1 unspecified atom stereocenters. The van der Waals surface area contributed by atoms with Crippen molar-refractivity contribution in [2.75, 3.05) is 54.2 Å². The number of carbonyl (C=O) groups is 2. The predicted octanol–water partition coefficient (Wildman–Crippen LogP) is 0.856. The molecule has 0 aromatic heterocycles. The molecule has 0 bridgehead atoms. The van der Waals surface area contributed by atoms with Crippen LogP contribution in [0.5, 0.6) is 0 Å². The van der Waals surface area contributed by atoms with Crippen LogP contribution in [0.25, 0.3) is 0 Å². The highest BCUT2D eigenvalue weighted by Gasteiger charge is 2.14. The van der Waals surface area contributed by atoms with E-state index >= 15 is 0 Å². The Morgan fingerprint density at radius 1 is 1.05 bits per heavy atom. The van der Waals surface area contributed by atoms with Crippen molar-refractivity contribution in [3.63, 3.8) is 0 Å². The highest BCUT2D eigenvalue weighted by molar-refractivity contribution is 5.69. The zero-order valence-electron chi connectivity index (χ0n) is 14.1. The van der Waals surface area contributed by atoms with Crippen LogP contribution in [0.15, 0.2) is 0 Å². The summed E-state index contributed by atoms with van der Waals surface area (Å²) in [6.07, 6.45) is 1.33. The van der Waals surface area contributed by atoms with E-state index in [1.807, 2.05) is 7.05 Å². The molecule has 7 heteroatoms. The van der Waals surface area contributed by atoms with Crippen LogP contribution in [0.4, 0.5) is 0 Å². The van der Waals surface area contributed by atoms with Crippen molar-refractivity contribution in [3.05, 3.63) is 0 Å². The van der Waals surface area contributed by atoms with Gasteiger partial charge in [-0.15, -0.1) is 0 Å². The standard InChI is InChI=1S/C15H29NO6/c1-5-8-16(2)11-13(22-10-7-15(18)20-4)12-21-9-6-14(17)19-3/h13H,5-12H2,1-4H3. The SMILES string of the molecule is CCCN(C)CC(COCCC(=O)OC)OCCC(=O)OC. The number of ether oxygens (including phenoxy) is 4. The molecule has 0 aromatic rings. The van der Waals surface area contributed by atoms with Crippen LogP contribution < -0.4 is 0 Å². The molecule has 0 aliphatic rings. The van der Waals surface area contributed by atoms with Crippen molar-refractivity contribution in [3.8, 4) is 0 Å². The second-order valence-electron chi connectivity index (χ2n) is 4.98. The average molecular weight is 319 g/mol. The minimum absolute atomic E-state index is 0.154. The third kappa shape index (κ3) is 11.5. The monoisotopic (exact) mass is 319 g/mol. The van der Waals surface area contributed by atoms with E-state index in [1.54, 1.807) is 0 Å². The predicted molar refractivity (Wildman–Crippen MR) is 81.6 cm³/mol. The Morgan fingerprint density at radius 2 is 1.64 bits per heavy atom. The van der Waals surface area contributed by atoms with Crippen LogP contribution in [0, 0.1) is 0 Å². The summed E-state index contributed by atoms with van der Waals surface area (Å²) in [6, 6.07) is 0. The summed E-state index contributed by atoms with van der Waals surface area (Å²) in [5, 5.41) is 0. The molecule has 22 heavy (non-hydrogen) atoms. The van der Waals surface area contributed by atoms with Gasteiger partial charge in [0.2, 0.25) is 0 Å². The zero-order valence-corrected chi connectivity index (χ0v) is 14.1. The van der Waals surface area contributed by atoms with Crippen molar-refractivity contribution in [1.82, 2.24) is 4.90 Å². The Labute approximate surface area is 132 Å². The molecule has 7 nitrogen and oxygen atoms in total. The average Bonchev–Trinajstić information content (AvgIpc) is 2.50. The number of nitrogens with zero attached hydrogens (tertiary/aromatic N) is 1. The van der Waals surface area contributed by atoms with E-state index in [1.165, 1.54) is 14.2 Å². The Morgan fingerprint density at radius 3 is 2.18 bits per heavy atom. The quantitative estimate of drug-likeness (QED) is 0.368. The van der Waals surface area contributed by atoms with E-state index in [0.29, 0.717) is 19.8 Å². The summed E-state index contributed by atoms with van der Waals surface area (Å²) in [7, 11) is 4.71. The second kappa shape index (κ2) is 13.5. The summed E-state index contributed by atoms with van der Waals surface area (Å²) in [5.41, 5.74) is 0. The van der Waals surface area contributed by atoms with Crippen molar-refractivity contribution >= 4 is 11.9 Å². The third-order valence-electron chi connectivity index (χ3n) is 2.99. The van der Waals surface area contributed by atoms with Gasteiger partial charge < -0.3 is 23.8 Å². The molecule has 0 saturated heterocycles. The molecule has 0 aliphatic carbocycles. The van der Waals surface area contributed by atoms with Crippen LogP contribution in [0.1, 0.15) is 26.2 Å². The van der Waals surface area contributed by atoms with E-state index in [2.05, 4.69) is 21.3 Å². The van der Waals surface area contributed by atoms with Gasteiger partial charge in [-0.25, -0.2) is 0 Å². The van der Waals surface area contributed by atoms with Crippen LogP contribution in [-0.4, -0.2) is 77.1 Å². The first-order chi connectivity index (χ1) is 10.5. The van der Waals surface area contributed by atoms with Gasteiger partial charge >= 0.3 is 11.9 Å². The normalized spacial score (nSPS) is 12.2. The summed E-state index contributed by atoms with van der Waals surface area (Å²) >= 11 is 0. The van der Waals surface area contributed by atoms with E-state index in [4.69, 9.17) is 9.47 Å². The first-order valence-corrected chi connectivity index (χ1v) is 7.55. The van der Waals surface area contributed by atoms with Crippen molar-refractivity contribution in [2.24, 2.45) is 0 Å². The lowest BCUT2D eigenvalue weighted by atomic mass is 10.3. The molecule has 0 rings (SSSR count). The fraction of sp³-hybridized carbons (Fsp3) is 0.867. The highest BCUT2D eigenvalue weighted by atomic mass is 16.5. The molecule has 130 valence electrons. The summed E-state index contributed by atoms with van der Waals surface area (Å²) in [6.45, 7) is 4.72. The van der Waals surface area contributed by atoms with Crippen molar-refractivity contribution in [2.45, 2.75) is 32.3 Å². The topological polar surface area (TPSA) is 74.3 Å². The first kappa shape index (κ1) is 20.8. The van der Waals surface area contributed by atoms with Gasteiger partial charge in [0.25, 0.3) is 0 Å². The molecule has 0 fully saturated rings. The summed E-state index contributed by atoms with van der Waals surface area (Å²) < 4.78 is 20.3. The third-order valence-corrected chi connectivity index (χ3v) is 2.99. The van der Waals surface area contributed by atoms with Gasteiger partial charge in [0.1, 0.15) is 0 Å². The number of carbonyl (C=O) groups excluding carboxylic acids is 2. The molecular formula is C15H29NO6. The number of methoxy groups -OCH3 is 2. The molecule has 0 heterocycles. The van der Waals surface area contributed by atoms with Gasteiger partial charge in [-0.1, -0.05) is 6.92 Å². The van der Waals surface area contributed by atoms with E-state index in [0.717, 1.165) is 13.0 Å². The molecule has 0 N–H and O–H groups in total. The van der Waals surface area contributed by atoms with Crippen LogP contribution in [0.3, 0.4) is 0 Å². The minimum Gasteiger partial charge on any atom is -0.469 e. The number of likely N-dealkylation sites (N-methyl/N-ethyl adjacent to an activating group) is 1. The maximum atomic E-state index is 11.1. The van der Waals surface area contributed by atoms with Gasteiger partial charge in [-0.3, -0.25) is 9.59 Å². The smallest absolute Gasteiger partial charge is 0.307 e. The minimum atomic E-state index is -0.300. The molecule has 0 aromatic carbocycles. The summed E-state index contributed by atoms with van der Waals surface area (Å²) in [4.78, 5) is 24.2. The van der Waals surface area contributed by atoms with Gasteiger partial charge in [0.15, 0.2) is 0 Å². The first-order valence-electron chi connectivity index (χ1n) is 7.55. The van der Waals surface area contributed by atoms with Gasteiger partial charge in [0.05, 0.1) is 53.0 Å². The van der Waals surface area contributed by atoms with Gasteiger partial charge in [-0.05, 0) is 20.0 Å². The molecule has 0 radical (unpaired) electrons. The second-order valence-corrected chi connectivity index (χ2v) is 4.98. The largest absolute Gasteiger partial charge is 0.469 e. The number of esters is 2. The zero-order chi connectivity index (χ0) is 16.8. The molecule has 0 amide bonds.